The molecule has 1 aromatic heterocycles. The molecule has 0 aliphatic heterocycles. The van der Waals surface area contributed by atoms with Crippen LogP contribution in [0.25, 0.3) is 0 Å². The predicted octanol–water partition coefficient (Wildman–Crippen LogP) is 3.48. The number of ketones is 6. The van der Waals surface area contributed by atoms with Crippen molar-refractivity contribution in [2.45, 2.75) is 295 Å². The molecule has 19 N–H and O–H groups in total. The molecule has 1 aromatic rings. The van der Waals surface area contributed by atoms with Crippen LogP contribution in [0.15, 0.2) is 12.5 Å². The molecule has 0 spiro atoms. The van der Waals surface area contributed by atoms with E-state index in [1.165, 1.54) is 52.5 Å². The van der Waals surface area contributed by atoms with Gasteiger partial charge in [-0.2, -0.15) is 0 Å². The van der Waals surface area contributed by atoms with Crippen molar-refractivity contribution in [3.05, 3.63) is 18.2 Å². The lowest BCUT2D eigenvalue weighted by atomic mass is 9.62. The maximum atomic E-state index is 13.6. The summed E-state index contributed by atoms with van der Waals surface area (Å²) in [4.78, 5) is 238. The number of carboxylic acids is 6. The van der Waals surface area contributed by atoms with E-state index in [4.69, 9.17) is 45.0 Å². The lowest BCUT2D eigenvalue weighted by Gasteiger charge is -2.40. The molecule has 133 heavy (non-hydrogen) atoms. The first-order valence-corrected chi connectivity index (χ1v) is 46.4. The number of ether oxygens (including phenoxy) is 6. The van der Waals surface area contributed by atoms with Crippen molar-refractivity contribution in [2.24, 2.45) is 40.6 Å². The van der Waals surface area contributed by atoms with Gasteiger partial charge in [0.15, 0.2) is 28.9 Å². The van der Waals surface area contributed by atoms with Gasteiger partial charge in [0.25, 0.3) is 0 Å². The Balaban J connectivity index is 0.00000133. The summed E-state index contributed by atoms with van der Waals surface area (Å²) >= 11 is 0. The number of carbonyl (C=O) groups excluding carboxylic acids is 13. The third-order valence-electron chi connectivity index (χ3n) is 22.2. The Labute approximate surface area is 776 Å². The number of aliphatic carboxylic acids is 6. The normalized spacial score (nSPS) is 14.1. The van der Waals surface area contributed by atoms with E-state index in [0.717, 1.165) is 64.2 Å². The molecule has 43 heteroatoms. The standard InChI is InChI=1S/C46H79N3O16.C44H70N8O16/c1-2-27-63-28-25-47-40(52)22-19-36(45(59)60)33-38(51)34-65-31-30-64-29-26-48-41(53)24-21-39(46(61)62)49-42(54)23-20-35(44(57)58)32-37(50)17-15-13-11-9-7-5-3-4-6-8-10-12-14-16-18-43(55)56;1-27(53)39(40(46)60)52-41(61)34(50-23-36(57)44(11-5-12-44)21-35(56)33(45)20-30-22-47-26-51-30)6-3-4-13-48-37(58)9-7-29(43(64)65)19-32(55)25-68-17-16-67-15-14-49-38(59)10-8-28(42(62)63)18-31(54)24-66-2/h35-36,39H,2-34H2,1H3,(H,47,52)(H,48,53)(H,49,54)(H,55,56)(H,57,58)(H,59,60)(H,61,62);22,26-29,33-34,39,50,53H,3-21,23-25,45H2,1-2H3,(H2,46,60)(H,47,51)(H,48,58)(H,49,59)(H,52,61)(H,62,63)(H,64,65)/t35-,36-,39+;27-,28-,29-,33+,34+,39+/m11/s1. The summed E-state index contributed by atoms with van der Waals surface area (Å²) in [6.07, 6.45) is 18.0. The van der Waals surface area contributed by atoms with Crippen LogP contribution in [0.3, 0.4) is 0 Å². The molecule has 1 aliphatic rings. The monoisotopic (exact) mass is 1900 g/mol. The molecule has 1 fully saturated rings. The van der Waals surface area contributed by atoms with Gasteiger partial charge in [0.2, 0.25) is 41.4 Å². The van der Waals surface area contributed by atoms with Crippen molar-refractivity contribution >= 4 is 112 Å². The minimum absolute atomic E-state index is 0.00224. The minimum atomic E-state index is -1.40. The number of hydrogen-bond acceptors (Lipinski definition) is 29. The number of aromatic nitrogens is 2. The lowest BCUT2D eigenvalue weighted by Crippen LogP contribution is -2.56. The third kappa shape index (κ3) is 61.5. The SMILES string of the molecule is CCCOCCNC(=O)CC[C@H](CC(=O)COCCOCCNC(=O)CC[C@H](NC(=O)CC[C@H](CC(=O)CCCCCCCCCCCCCCCCC(=O)O)C(=O)O)C(=O)O)C(=O)O.COCC(=O)C[C@@H](CCC(=O)NCCOCCOCC(=O)C[C@@H](CCC(=O)NCCCC[C@H](NCC(=O)C1(CC(=O)[C@@H](N)Cc2cnc[nH]2)CCC1)C(=O)N[C@H](C(N)=O)[C@@H](C)O)C(=O)O)C(=O)O. The van der Waals surface area contributed by atoms with Gasteiger partial charge in [-0.05, 0) is 90.4 Å². The number of nitrogens with zero attached hydrogens (tertiary/aromatic N) is 1. The van der Waals surface area contributed by atoms with Gasteiger partial charge in [-0.1, -0.05) is 90.4 Å². The number of rotatable bonds is 87. The van der Waals surface area contributed by atoms with E-state index in [-0.39, 0.29) is 237 Å². The Hall–Kier alpha value is -10.0. The molecule has 0 bridgehead atoms. The number of hydrogen-bond donors (Lipinski definition) is 17. The van der Waals surface area contributed by atoms with Crippen LogP contribution in [-0.2, 0) is 126 Å². The number of H-pyrrole nitrogens is 1. The number of methoxy groups -OCH3 is 1. The first kappa shape index (κ1) is 121. The molecular formula is C90H149N11O32. The Kier molecular flexibility index (Phi) is 67.6. The van der Waals surface area contributed by atoms with Crippen LogP contribution in [0.5, 0.6) is 0 Å². The number of aliphatic hydroxyl groups is 1. The van der Waals surface area contributed by atoms with Crippen LogP contribution in [0.2, 0.25) is 0 Å². The van der Waals surface area contributed by atoms with E-state index in [1.54, 1.807) is 6.20 Å². The molecule has 0 saturated heterocycles. The fraction of sp³-hybridized carbons (Fsp3) is 0.756. The van der Waals surface area contributed by atoms with Crippen LogP contribution in [0.4, 0.5) is 0 Å². The lowest BCUT2D eigenvalue weighted by molar-refractivity contribution is -0.145. The Morgan fingerprint density at radius 2 is 0.857 bits per heavy atom. The number of aromatic amines is 1. The van der Waals surface area contributed by atoms with E-state index in [9.17, 15) is 122 Å². The highest BCUT2D eigenvalue weighted by Gasteiger charge is 2.46. The summed E-state index contributed by atoms with van der Waals surface area (Å²) in [7, 11) is 1.32. The zero-order chi connectivity index (χ0) is 99.2. The Morgan fingerprint density at radius 3 is 1.25 bits per heavy atom. The van der Waals surface area contributed by atoms with Gasteiger partial charge in [0, 0.05) is 141 Å². The molecule has 2 rings (SSSR count). The highest BCUT2D eigenvalue weighted by Crippen LogP contribution is 2.45. The fourth-order valence-corrected chi connectivity index (χ4v) is 14.2. The Morgan fingerprint density at radius 1 is 0.451 bits per heavy atom. The number of primary amides is 1. The number of carboxylic acid groups (broad SMARTS) is 6. The van der Waals surface area contributed by atoms with Crippen LogP contribution in [0.1, 0.15) is 264 Å². The minimum Gasteiger partial charge on any atom is -0.481 e. The molecule has 43 nitrogen and oxygen atoms in total. The largest absolute Gasteiger partial charge is 0.481 e. The topological polar surface area (TPSA) is 686 Å². The number of Topliss-reactive ketones (excluding diaryl/α,β-unsaturated/α-hetero) is 6. The van der Waals surface area contributed by atoms with Crippen LogP contribution < -0.4 is 48.7 Å². The summed E-state index contributed by atoms with van der Waals surface area (Å²) in [5, 5.41) is 84.4. The summed E-state index contributed by atoms with van der Waals surface area (Å²) in [5.74, 6) is -17.3. The molecule has 9 atom stereocenters. The maximum Gasteiger partial charge on any atom is 0.326 e. The second-order valence-electron chi connectivity index (χ2n) is 33.5. The van der Waals surface area contributed by atoms with Gasteiger partial charge in [-0.3, -0.25) is 91.6 Å². The molecule has 1 aliphatic carbocycles. The highest BCUT2D eigenvalue weighted by molar-refractivity contribution is 5.96. The number of carbonyl (C=O) groups is 19. The second kappa shape index (κ2) is 74.3. The first-order valence-electron chi connectivity index (χ1n) is 46.4. The number of amides is 7. The number of unbranched alkanes of at least 4 members (excludes halogenated alkanes) is 14. The predicted molar refractivity (Wildman–Crippen MR) is 478 cm³/mol. The van der Waals surface area contributed by atoms with E-state index in [0.29, 0.717) is 57.6 Å². The Bertz CT molecular complexity index is 3680. The molecule has 1 saturated carbocycles. The summed E-state index contributed by atoms with van der Waals surface area (Å²) in [5.41, 5.74) is 11.3. The summed E-state index contributed by atoms with van der Waals surface area (Å²) < 4.78 is 31.2. The molecule has 0 unspecified atom stereocenters. The number of aliphatic hydroxyl groups excluding tert-OH is 1. The summed E-state index contributed by atoms with van der Waals surface area (Å²) in [6.45, 7) is 3.98. The average Bonchev–Trinajstić information content (AvgIpc) is 0.798. The van der Waals surface area contributed by atoms with Gasteiger partial charge in [0.05, 0.1) is 101 Å². The van der Waals surface area contributed by atoms with Gasteiger partial charge < -0.3 is 113 Å². The number of nitrogens with one attached hydrogen (secondary N) is 8. The molecular weight excluding hydrogens is 1750 g/mol. The molecule has 0 radical (unpaired) electrons. The van der Waals surface area contributed by atoms with Crippen LogP contribution in [0, 0.1) is 29.1 Å². The zero-order valence-electron chi connectivity index (χ0n) is 77.7. The van der Waals surface area contributed by atoms with Crippen molar-refractivity contribution < 1.29 is 155 Å². The quantitative estimate of drug-likeness (QED) is 0.0415. The van der Waals surface area contributed by atoms with Gasteiger partial charge in [0.1, 0.15) is 37.7 Å². The number of nitrogens with two attached hydrogens (primary N) is 2. The first-order chi connectivity index (χ1) is 63.4. The van der Waals surface area contributed by atoms with Crippen molar-refractivity contribution in [3.8, 4) is 0 Å². The van der Waals surface area contributed by atoms with Crippen LogP contribution >= 0.6 is 0 Å². The molecule has 756 valence electrons. The highest BCUT2D eigenvalue weighted by atomic mass is 16.5. The van der Waals surface area contributed by atoms with Crippen molar-refractivity contribution in [3.63, 3.8) is 0 Å². The van der Waals surface area contributed by atoms with Gasteiger partial charge >= 0.3 is 35.8 Å². The fourth-order valence-electron chi connectivity index (χ4n) is 14.2. The second-order valence-corrected chi connectivity index (χ2v) is 33.5. The van der Waals surface area contributed by atoms with Gasteiger partial charge in [-0.15, -0.1) is 0 Å². The maximum absolute atomic E-state index is 13.6. The van der Waals surface area contributed by atoms with E-state index in [1.807, 2.05) is 6.92 Å². The van der Waals surface area contributed by atoms with Crippen LogP contribution in [-0.4, -0.2) is 300 Å². The molecule has 0 aromatic carbocycles. The van der Waals surface area contributed by atoms with Gasteiger partial charge in [-0.25, -0.2) is 9.78 Å². The van der Waals surface area contributed by atoms with Crippen molar-refractivity contribution in [2.75, 3.05) is 113 Å². The number of imidazole rings is 1. The molecule has 1 heterocycles. The summed E-state index contributed by atoms with van der Waals surface area (Å²) in [6, 6.07) is -4.66. The zero-order valence-corrected chi connectivity index (χ0v) is 77.7. The van der Waals surface area contributed by atoms with E-state index in [2.05, 4.69) is 47.2 Å². The molecule has 7 amide bonds. The smallest absolute Gasteiger partial charge is 0.326 e. The van der Waals surface area contributed by atoms with E-state index < -0.39 is 142 Å². The van der Waals surface area contributed by atoms with E-state index >= 15 is 0 Å². The van der Waals surface area contributed by atoms with Crippen molar-refractivity contribution in [1.82, 2.24) is 47.2 Å². The third-order valence-corrected chi connectivity index (χ3v) is 22.2. The average molecular weight is 1900 g/mol. The van der Waals surface area contributed by atoms with Crippen molar-refractivity contribution in [1.29, 1.82) is 0 Å².